The first-order valence-corrected chi connectivity index (χ1v) is 5.72. The lowest BCUT2D eigenvalue weighted by atomic mass is 10.0. The van der Waals surface area contributed by atoms with Crippen LogP contribution in [0.15, 0.2) is 42.5 Å². The quantitative estimate of drug-likeness (QED) is 0.766. The van der Waals surface area contributed by atoms with Crippen molar-refractivity contribution in [2.24, 2.45) is 0 Å². The fraction of sp³-hybridized carbons (Fsp3) is 0.133. The Bertz CT molecular complexity index is 564. The summed E-state index contributed by atoms with van der Waals surface area (Å²) in [6.07, 6.45) is 0.785. The van der Waals surface area contributed by atoms with Crippen molar-refractivity contribution in [3.63, 3.8) is 0 Å². The van der Waals surface area contributed by atoms with Crippen molar-refractivity contribution in [2.75, 3.05) is 6.61 Å². The van der Waals surface area contributed by atoms with E-state index in [2.05, 4.69) is 0 Å². The minimum Gasteiger partial charge on any atom is -0.493 e. The van der Waals surface area contributed by atoms with Crippen LogP contribution >= 0.6 is 0 Å². The third-order valence-electron chi connectivity index (χ3n) is 2.58. The number of hydrogen-bond donors (Lipinski definition) is 0. The molecule has 0 unspecified atom stereocenters. The van der Waals surface area contributed by atoms with Gasteiger partial charge in [0.15, 0.2) is 0 Å². The molecule has 0 amide bonds. The maximum absolute atomic E-state index is 13.2. The first kappa shape index (κ1) is 12.3. The number of hydrogen-bond acceptors (Lipinski definition) is 2. The van der Waals surface area contributed by atoms with Crippen molar-refractivity contribution >= 4 is 6.29 Å². The van der Waals surface area contributed by atoms with Gasteiger partial charge in [0.1, 0.15) is 17.9 Å². The molecule has 92 valence electrons. The van der Waals surface area contributed by atoms with Gasteiger partial charge in [-0.05, 0) is 30.7 Å². The Morgan fingerprint density at radius 2 is 2.06 bits per heavy atom. The number of carbonyl (C=O) groups excluding carboxylic acids is 1. The molecular weight excluding hydrogens is 231 g/mol. The van der Waals surface area contributed by atoms with E-state index in [0.717, 1.165) is 17.4 Å². The van der Waals surface area contributed by atoms with Crippen LogP contribution in [0, 0.1) is 5.82 Å². The first-order chi connectivity index (χ1) is 8.74. The van der Waals surface area contributed by atoms with Crippen LogP contribution in [-0.4, -0.2) is 12.9 Å². The predicted octanol–water partition coefficient (Wildman–Crippen LogP) is 3.70. The maximum Gasteiger partial charge on any atom is 0.150 e. The summed E-state index contributed by atoms with van der Waals surface area (Å²) in [5, 5.41) is 0. The van der Waals surface area contributed by atoms with E-state index in [1.807, 2.05) is 13.0 Å². The number of carbonyl (C=O) groups is 1. The Labute approximate surface area is 105 Å². The molecule has 2 nitrogen and oxygen atoms in total. The molecule has 2 aromatic rings. The lowest BCUT2D eigenvalue weighted by Crippen LogP contribution is -1.95. The van der Waals surface area contributed by atoms with Gasteiger partial charge in [0.05, 0.1) is 6.61 Å². The molecule has 0 aliphatic rings. The van der Waals surface area contributed by atoms with Crippen molar-refractivity contribution < 1.29 is 13.9 Å². The van der Waals surface area contributed by atoms with Gasteiger partial charge in [0.2, 0.25) is 0 Å². The van der Waals surface area contributed by atoms with Crippen molar-refractivity contribution in [3.8, 4) is 16.9 Å². The van der Waals surface area contributed by atoms with Crippen LogP contribution in [0.5, 0.6) is 5.75 Å². The van der Waals surface area contributed by atoms with Crippen molar-refractivity contribution in [3.05, 3.63) is 53.8 Å². The predicted molar refractivity (Wildman–Crippen MR) is 68.4 cm³/mol. The summed E-state index contributed by atoms with van der Waals surface area (Å²) in [5.41, 5.74) is 2.20. The monoisotopic (exact) mass is 244 g/mol. The third kappa shape index (κ3) is 2.56. The van der Waals surface area contributed by atoms with Crippen molar-refractivity contribution in [2.45, 2.75) is 6.92 Å². The van der Waals surface area contributed by atoms with Gasteiger partial charge in [-0.15, -0.1) is 0 Å². The number of ether oxygens (including phenoxy) is 1. The summed E-state index contributed by atoms with van der Waals surface area (Å²) >= 11 is 0. The van der Waals surface area contributed by atoms with E-state index in [4.69, 9.17) is 4.74 Å². The van der Waals surface area contributed by atoms with Crippen LogP contribution in [0.2, 0.25) is 0 Å². The topological polar surface area (TPSA) is 26.3 Å². The molecule has 0 fully saturated rings. The van der Waals surface area contributed by atoms with Crippen LogP contribution in [0.3, 0.4) is 0 Å². The third-order valence-corrected chi connectivity index (χ3v) is 2.58. The average Bonchev–Trinajstić information content (AvgIpc) is 2.39. The van der Waals surface area contributed by atoms with E-state index < -0.39 is 0 Å². The fourth-order valence-electron chi connectivity index (χ4n) is 1.79. The number of aldehydes is 1. The normalized spacial score (nSPS) is 10.1. The largest absolute Gasteiger partial charge is 0.493 e. The summed E-state index contributed by atoms with van der Waals surface area (Å²) in [6, 6.07) is 11.5. The smallest absolute Gasteiger partial charge is 0.150 e. The number of rotatable bonds is 4. The van der Waals surface area contributed by atoms with Crippen LogP contribution in [0.4, 0.5) is 4.39 Å². The molecule has 3 heteroatoms. The Morgan fingerprint density at radius 3 is 2.78 bits per heavy atom. The second kappa shape index (κ2) is 5.45. The van der Waals surface area contributed by atoms with E-state index in [1.165, 1.54) is 12.1 Å². The molecule has 0 N–H and O–H groups in total. The zero-order chi connectivity index (χ0) is 13.0. The van der Waals surface area contributed by atoms with E-state index in [-0.39, 0.29) is 5.82 Å². The second-order valence-electron chi connectivity index (χ2n) is 3.82. The molecule has 0 heterocycles. The molecule has 0 aliphatic heterocycles. The molecule has 2 aromatic carbocycles. The van der Waals surface area contributed by atoms with Gasteiger partial charge in [0, 0.05) is 17.2 Å². The highest BCUT2D eigenvalue weighted by atomic mass is 19.1. The lowest BCUT2D eigenvalue weighted by Gasteiger charge is -2.10. The zero-order valence-corrected chi connectivity index (χ0v) is 10.0. The van der Waals surface area contributed by atoms with E-state index in [9.17, 15) is 9.18 Å². The molecule has 0 saturated heterocycles. The van der Waals surface area contributed by atoms with E-state index >= 15 is 0 Å². The van der Waals surface area contributed by atoms with Gasteiger partial charge >= 0.3 is 0 Å². The number of halogens is 1. The highest BCUT2D eigenvalue weighted by molar-refractivity contribution is 5.80. The molecule has 0 aliphatic carbocycles. The van der Waals surface area contributed by atoms with Crippen LogP contribution in [-0.2, 0) is 0 Å². The van der Waals surface area contributed by atoms with Gasteiger partial charge in [-0.3, -0.25) is 4.79 Å². The fourth-order valence-corrected chi connectivity index (χ4v) is 1.79. The summed E-state index contributed by atoms with van der Waals surface area (Å²) in [7, 11) is 0. The second-order valence-corrected chi connectivity index (χ2v) is 3.82. The Hall–Kier alpha value is -2.16. The first-order valence-electron chi connectivity index (χ1n) is 5.72. The Morgan fingerprint density at radius 1 is 1.22 bits per heavy atom. The summed E-state index contributed by atoms with van der Waals surface area (Å²) in [6.45, 7) is 2.31. The Balaban J connectivity index is 2.51. The maximum atomic E-state index is 13.2. The van der Waals surface area contributed by atoms with E-state index in [1.54, 1.807) is 24.3 Å². The standard InChI is InChI=1S/C15H13FO2/c1-2-18-15-9-13(16)6-7-14(15)12-5-3-4-11(8-12)10-17/h3-10H,2H2,1H3. The average molecular weight is 244 g/mol. The van der Waals surface area contributed by atoms with Crippen molar-refractivity contribution in [1.82, 2.24) is 0 Å². The Kier molecular flexibility index (Phi) is 3.72. The van der Waals surface area contributed by atoms with Crippen molar-refractivity contribution in [1.29, 1.82) is 0 Å². The zero-order valence-electron chi connectivity index (χ0n) is 10.0. The molecule has 0 bridgehead atoms. The highest BCUT2D eigenvalue weighted by Crippen LogP contribution is 2.31. The van der Waals surface area contributed by atoms with Crippen LogP contribution < -0.4 is 4.74 Å². The molecule has 0 aromatic heterocycles. The molecular formula is C15H13FO2. The summed E-state index contributed by atoms with van der Waals surface area (Å²) in [4.78, 5) is 10.8. The molecule has 0 atom stereocenters. The molecule has 0 radical (unpaired) electrons. The van der Waals surface area contributed by atoms with Gasteiger partial charge < -0.3 is 4.74 Å². The van der Waals surface area contributed by atoms with Gasteiger partial charge in [-0.25, -0.2) is 4.39 Å². The molecule has 18 heavy (non-hydrogen) atoms. The van der Waals surface area contributed by atoms with Gasteiger partial charge in [-0.1, -0.05) is 18.2 Å². The van der Waals surface area contributed by atoms with Gasteiger partial charge in [0.25, 0.3) is 0 Å². The highest BCUT2D eigenvalue weighted by Gasteiger charge is 2.08. The summed E-state index contributed by atoms with van der Waals surface area (Å²) in [5.74, 6) is 0.147. The number of benzene rings is 2. The van der Waals surface area contributed by atoms with Crippen LogP contribution in [0.25, 0.3) is 11.1 Å². The minimum absolute atomic E-state index is 0.339. The minimum atomic E-state index is -0.339. The molecule has 2 rings (SSSR count). The molecule has 0 spiro atoms. The SMILES string of the molecule is CCOc1cc(F)ccc1-c1cccc(C=O)c1. The lowest BCUT2D eigenvalue weighted by molar-refractivity contribution is 0.112. The summed E-state index contributed by atoms with van der Waals surface area (Å²) < 4.78 is 18.6. The van der Waals surface area contributed by atoms with Crippen LogP contribution in [0.1, 0.15) is 17.3 Å². The molecule has 0 saturated carbocycles. The van der Waals surface area contributed by atoms with E-state index in [0.29, 0.717) is 17.9 Å². The van der Waals surface area contributed by atoms with Gasteiger partial charge in [-0.2, -0.15) is 0 Å².